The Morgan fingerprint density at radius 2 is 2.00 bits per heavy atom. The summed E-state index contributed by atoms with van der Waals surface area (Å²) >= 11 is 1.70. The van der Waals surface area contributed by atoms with Gasteiger partial charge in [0.05, 0.1) is 0 Å². The van der Waals surface area contributed by atoms with Crippen molar-refractivity contribution >= 4 is 17.8 Å². The summed E-state index contributed by atoms with van der Waals surface area (Å²) in [5.74, 6) is 2.12. The van der Waals surface area contributed by atoms with E-state index in [0.717, 1.165) is 75.1 Å². The molecule has 0 bridgehead atoms. The summed E-state index contributed by atoms with van der Waals surface area (Å²) in [6, 6.07) is 4.24. The summed E-state index contributed by atoms with van der Waals surface area (Å²) in [5.41, 5.74) is 1.18. The largest absolute Gasteiger partial charge is 0.325 e. The van der Waals surface area contributed by atoms with Gasteiger partial charge in [0, 0.05) is 56.8 Å². The highest BCUT2D eigenvalue weighted by atomic mass is 32.2. The summed E-state index contributed by atoms with van der Waals surface area (Å²) in [5, 5.41) is 9.95. The smallest absolute Gasteiger partial charge is 0.320 e. The number of piperidine rings is 1. The normalized spacial score (nSPS) is 20.0. The van der Waals surface area contributed by atoms with Crippen LogP contribution >= 0.6 is 11.8 Å². The van der Waals surface area contributed by atoms with Gasteiger partial charge in [-0.25, -0.2) is 4.79 Å². The molecule has 0 saturated carbocycles. The van der Waals surface area contributed by atoms with E-state index in [1.165, 1.54) is 5.56 Å². The lowest BCUT2D eigenvalue weighted by Gasteiger charge is -2.35. The topological polar surface area (TPSA) is 67.2 Å². The number of urea groups is 1. The fraction of sp³-hybridized carbons (Fsp3) is 0.600. The summed E-state index contributed by atoms with van der Waals surface area (Å²) in [4.78, 5) is 21.0. The average Bonchev–Trinajstić information content (AvgIpc) is 3.42. The Bertz CT molecular complexity index is 789. The van der Waals surface area contributed by atoms with Gasteiger partial charge in [-0.2, -0.15) is 0 Å². The predicted octanol–water partition coefficient (Wildman–Crippen LogP) is 3.38. The van der Waals surface area contributed by atoms with Crippen LogP contribution < -0.4 is 0 Å². The number of nitrogens with zero attached hydrogens (tertiary/aromatic N) is 6. The van der Waals surface area contributed by atoms with Gasteiger partial charge >= 0.3 is 6.03 Å². The maximum atomic E-state index is 12.8. The molecule has 0 aromatic carbocycles. The summed E-state index contributed by atoms with van der Waals surface area (Å²) in [6.45, 7) is 6.39. The van der Waals surface area contributed by atoms with Gasteiger partial charge in [0.15, 0.2) is 5.16 Å². The van der Waals surface area contributed by atoms with Gasteiger partial charge in [-0.1, -0.05) is 17.8 Å². The highest BCUT2D eigenvalue weighted by Crippen LogP contribution is 2.30. The minimum absolute atomic E-state index is 0.205. The van der Waals surface area contributed by atoms with Crippen LogP contribution in [0.5, 0.6) is 0 Å². The number of carbonyl (C=O) groups excluding carboxylic acids is 1. The van der Waals surface area contributed by atoms with Crippen molar-refractivity contribution in [1.29, 1.82) is 0 Å². The lowest BCUT2D eigenvalue weighted by Crippen LogP contribution is -2.46. The molecule has 1 atom stereocenters. The molecule has 4 heterocycles. The molecule has 0 aliphatic carbocycles. The van der Waals surface area contributed by atoms with E-state index in [-0.39, 0.29) is 11.9 Å². The number of hydrogen-bond acceptors (Lipinski definition) is 5. The van der Waals surface area contributed by atoms with Crippen molar-refractivity contribution in [3.8, 4) is 0 Å². The van der Waals surface area contributed by atoms with Crippen molar-refractivity contribution < 1.29 is 4.79 Å². The number of amides is 2. The summed E-state index contributed by atoms with van der Waals surface area (Å²) in [6.07, 6.45) is 8.03. The van der Waals surface area contributed by atoms with Crippen LogP contribution in [0.2, 0.25) is 0 Å². The van der Waals surface area contributed by atoms with Gasteiger partial charge in [-0.05, 0) is 44.2 Å². The zero-order valence-electron chi connectivity index (χ0n) is 16.5. The Labute approximate surface area is 170 Å². The summed E-state index contributed by atoms with van der Waals surface area (Å²) < 4.78 is 2.22. The second kappa shape index (κ2) is 8.94. The first-order chi connectivity index (χ1) is 13.8. The fourth-order valence-corrected chi connectivity index (χ4v) is 5.05. The molecule has 150 valence electrons. The molecule has 2 aromatic rings. The van der Waals surface area contributed by atoms with Gasteiger partial charge in [-0.15, -0.1) is 10.2 Å². The Morgan fingerprint density at radius 1 is 1.18 bits per heavy atom. The van der Waals surface area contributed by atoms with E-state index < -0.39 is 0 Å². The van der Waals surface area contributed by atoms with Crippen LogP contribution in [0.3, 0.4) is 0 Å². The molecular formula is C20H28N6OS. The highest BCUT2D eigenvalue weighted by molar-refractivity contribution is 7.98. The summed E-state index contributed by atoms with van der Waals surface area (Å²) in [7, 11) is 0. The van der Waals surface area contributed by atoms with Gasteiger partial charge in [-0.3, -0.25) is 4.98 Å². The van der Waals surface area contributed by atoms with Crippen LogP contribution in [0.1, 0.15) is 49.9 Å². The number of likely N-dealkylation sites (tertiary alicyclic amines) is 2. The van der Waals surface area contributed by atoms with Crippen LogP contribution in [0.15, 0.2) is 29.7 Å². The molecule has 0 spiro atoms. The van der Waals surface area contributed by atoms with Gasteiger partial charge < -0.3 is 14.4 Å². The third-order valence-corrected chi connectivity index (χ3v) is 6.62. The lowest BCUT2D eigenvalue weighted by molar-refractivity contribution is 0.145. The molecule has 2 aliphatic heterocycles. The van der Waals surface area contributed by atoms with E-state index in [1.54, 1.807) is 18.0 Å². The van der Waals surface area contributed by atoms with Crippen molar-refractivity contribution in [3.05, 3.63) is 35.9 Å². The minimum atomic E-state index is 0.205. The predicted molar refractivity (Wildman–Crippen MR) is 109 cm³/mol. The Kier molecular flexibility index (Phi) is 6.14. The van der Waals surface area contributed by atoms with E-state index in [2.05, 4.69) is 32.7 Å². The number of thioether (sulfide) groups is 1. The molecule has 2 fully saturated rings. The van der Waals surface area contributed by atoms with E-state index in [9.17, 15) is 4.79 Å². The van der Waals surface area contributed by atoms with Crippen molar-refractivity contribution in [3.63, 3.8) is 0 Å². The molecule has 2 amide bonds. The number of aromatic nitrogens is 4. The van der Waals surface area contributed by atoms with Crippen LogP contribution in [0, 0.1) is 0 Å². The number of rotatable bonds is 5. The lowest BCUT2D eigenvalue weighted by atomic mass is 9.97. The van der Waals surface area contributed by atoms with Crippen molar-refractivity contribution in [2.75, 3.05) is 26.2 Å². The third-order valence-electron chi connectivity index (χ3n) is 5.59. The first kappa shape index (κ1) is 19.2. The zero-order valence-corrected chi connectivity index (χ0v) is 17.3. The number of hydrogen-bond donors (Lipinski definition) is 0. The molecule has 0 radical (unpaired) electrons. The SMILES string of the molecule is CCn1c(SCc2cccnc2)nnc1[C@H]1CCCN(C(=O)N2CCCC2)C1. The van der Waals surface area contributed by atoms with Crippen molar-refractivity contribution in [1.82, 2.24) is 29.5 Å². The van der Waals surface area contributed by atoms with Crippen LogP contribution in [0.25, 0.3) is 0 Å². The van der Waals surface area contributed by atoms with Gasteiger partial charge in [0.1, 0.15) is 5.82 Å². The number of pyridine rings is 1. The molecule has 28 heavy (non-hydrogen) atoms. The quantitative estimate of drug-likeness (QED) is 0.720. The minimum Gasteiger partial charge on any atom is -0.325 e. The molecule has 2 saturated heterocycles. The van der Waals surface area contributed by atoms with E-state index in [0.29, 0.717) is 0 Å². The Morgan fingerprint density at radius 3 is 2.75 bits per heavy atom. The van der Waals surface area contributed by atoms with Gasteiger partial charge in [0.2, 0.25) is 0 Å². The van der Waals surface area contributed by atoms with E-state index in [1.807, 2.05) is 22.1 Å². The highest BCUT2D eigenvalue weighted by Gasteiger charge is 2.31. The van der Waals surface area contributed by atoms with E-state index in [4.69, 9.17) is 0 Å². The Balaban J connectivity index is 1.44. The average molecular weight is 401 g/mol. The molecule has 0 N–H and O–H groups in total. The monoisotopic (exact) mass is 400 g/mol. The van der Waals surface area contributed by atoms with Crippen LogP contribution in [-0.2, 0) is 12.3 Å². The molecule has 8 heteroatoms. The zero-order chi connectivity index (χ0) is 19.3. The fourth-order valence-electron chi connectivity index (χ4n) is 4.11. The number of carbonyl (C=O) groups is 1. The molecule has 2 aliphatic rings. The maximum Gasteiger partial charge on any atom is 0.320 e. The standard InChI is InChI=1S/C20H28N6OS/c1-2-26-18(22-23-19(26)28-15-16-7-5-9-21-13-16)17-8-6-12-25(14-17)20(27)24-10-3-4-11-24/h5,7,9,13,17H,2-4,6,8,10-12,14-15H2,1H3/t17-/m0/s1. The molecule has 4 rings (SSSR count). The first-order valence-electron chi connectivity index (χ1n) is 10.2. The molecular weight excluding hydrogens is 372 g/mol. The molecule has 0 unspecified atom stereocenters. The van der Waals surface area contributed by atoms with E-state index >= 15 is 0 Å². The molecule has 2 aromatic heterocycles. The van der Waals surface area contributed by atoms with Crippen LogP contribution in [-0.4, -0.2) is 61.8 Å². The molecule has 7 nitrogen and oxygen atoms in total. The van der Waals surface area contributed by atoms with Crippen molar-refractivity contribution in [2.45, 2.75) is 56.0 Å². The van der Waals surface area contributed by atoms with Gasteiger partial charge in [0.25, 0.3) is 0 Å². The first-order valence-corrected chi connectivity index (χ1v) is 11.2. The van der Waals surface area contributed by atoms with Crippen molar-refractivity contribution in [2.24, 2.45) is 0 Å². The third kappa shape index (κ3) is 4.16. The Hall–Kier alpha value is -2.09. The second-order valence-corrected chi connectivity index (χ2v) is 8.44. The maximum absolute atomic E-state index is 12.8. The second-order valence-electron chi connectivity index (χ2n) is 7.50. The van der Waals surface area contributed by atoms with Crippen LogP contribution in [0.4, 0.5) is 4.79 Å².